The predicted molar refractivity (Wildman–Crippen MR) is 69.3 cm³/mol. The van der Waals surface area contributed by atoms with Gasteiger partial charge in [0.25, 0.3) is 0 Å². The molecular weight excluding hydrogens is 274 g/mol. The summed E-state index contributed by atoms with van der Waals surface area (Å²) in [5.41, 5.74) is 6.09. The van der Waals surface area contributed by atoms with E-state index < -0.39 is 12.0 Å². The number of aldehydes is 1. The zero-order chi connectivity index (χ0) is 14.6. The number of benzene rings is 1. The Kier molecular flexibility index (Phi) is 5.14. The topological polar surface area (TPSA) is 98.9 Å². The van der Waals surface area contributed by atoms with Crippen molar-refractivity contribution in [2.45, 2.75) is 12.5 Å². The third-order valence-electron chi connectivity index (χ3n) is 2.59. The van der Waals surface area contributed by atoms with Crippen LogP contribution in [0.4, 0.5) is 0 Å². The van der Waals surface area contributed by atoms with Crippen LogP contribution in [0.2, 0.25) is 5.02 Å². The van der Waals surface area contributed by atoms with Gasteiger partial charge in [-0.05, 0) is 6.07 Å². The number of nitrogens with two attached hydrogens (primary N) is 1. The molecule has 6 nitrogen and oxygen atoms in total. The first kappa shape index (κ1) is 15.3. The molecule has 0 radical (unpaired) electrons. The molecule has 1 aromatic carbocycles. The highest BCUT2D eigenvalue weighted by molar-refractivity contribution is 6.32. The van der Waals surface area contributed by atoms with Gasteiger partial charge in [0.05, 0.1) is 19.8 Å². The first-order chi connectivity index (χ1) is 8.96. The zero-order valence-electron chi connectivity index (χ0n) is 10.5. The number of ether oxygens (including phenoxy) is 2. The van der Waals surface area contributed by atoms with Crippen LogP contribution in [-0.2, 0) is 11.2 Å². The van der Waals surface area contributed by atoms with Crippen molar-refractivity contribution in [3.05, 3.63) is 22.2 Å². The lowest BCUT2D eigenvalue weighted by molar-refractivity contribution is -0.138. The number of carboxylic acid groups (broad SMARTS) is 1. The van der Waals surface area contributed by atoms with Crippen molar-refractivity contribution in [2.75, 3.05) is 14.2 Å². The van der Waals surface area contributed by atoms with Gasteiger partial charge in [0, 0.05) is 17.0 Å². The average molecular weight is 288 g/mol. The molecule has 0 aromatic heterocycles. The summed E-state index contributed by atoms with van der Waals surface area (Å²) in [6, 6.07) is 0.262. The summed E-state index contributed by atoms with van der Waals surface area (Å²) in [5, 5.41) is 9.03. The SMILES string of the molecule is COc1c(C=O)cc(Cl)c(CC(N)C(=O)O)c1OC. The Bertz CT molecular complexity index is 503. The largest absolute Gasteiger partial charge is 0.492 e. The van der Waals surface area contributed by atoms with E-state index in [1.165, 1.54) is 20.3 Å². The van der Waals surface area contributed by atoms with Gasteiger partial charge in [-0.15, -0.1) is 0 Å². The monoisotopic (exact) mass is 287 g/mol. The molecule has 0 aliphatic carbocycles. The maximum Gasteiger partial charge on any atom is 0.320 e. The van der Waals surface area contributed by atoms with E-state index in [1.54, 1.807) is 0 Å². The van der Waals surface area contributed by atoms with Crippen LogP contribution in [-0.4, -0.2) is 37.6 Å². The summed E-state index contributed by atoms with van der Waals surface area (Å²) in [4.78, 5) is 21.7. The van der Waals surface area contributed by atoms with Gasteiger partial charge in [-0.3, -0.25) is 9.59 Å². The Morgan fingerprint density at radius 2 is 2.05 bits per heavy atom. The Balaban J connectivity index is 3.38. The minimum atomic E-state index is -1.16. The lowest BCUT2D eigenvalue weighted by atomic mass is 10.0. The molecule has 0 heterocycles. The van der Waals surface area contributed by atoms with Crippen LogP contribution in [0.5, 0.6) is 11.5 Å². The minimum Gasteiger partial charge on any atom is -0.492 e. The summed E-state index contributed by atoms with van der Waals surface area (Å²) in [5.74, 6) is -0.736. The quantitative estimate of drug-likeness (QED) is 0.761. The summed E-state index contributed by atoms with van der Waals surface area (Å²) >= 11 is 6.03. The van der Waals surface area contributed by atoms with Crippen molar-refractivity contribution >= 4 is 23.9 Å². The molecule has 0 saturated heterocycles. The number of halogens is 1. The van der Waals surface area contributed by atoms with Gasteiger partial charge in [0.2, 0.25) is 0 Å². The number of aliphatic carboxylic acids is 1. The first-order valence-corrected chi connectivity index (χ1v) is 5.70. The number of methoxy groups -OCH3 is 2. The number of hydrogen-bond donors (Lipinski definition) is 2. The number of carbonyl (C=O) groups is 2. The zero-order valence-corrected chi connectivity index (χ0v) is 11.2. The van der Waals surface area contributed by atoms with E-state index in [0.717, 1.165) is 0 Å². The van der Waals surface area contributed by atoms with Crippen LogP contribution < -0.4 is 15.2 Å². The lowest BCUT2D eigenvalue weighted by Gasteiger charge is -2.17. The molecule has 104 valence electrons. The molecule has 1 aromatic rings. The van der Waals surface area contributed by atoms with Crippen LogP contribution >= 0.6 is 11.6 Å². The van der Waals surface area contributed by atoms with E-state index in [1.807, 2.05) is 0 Å². The highest BCUT2D eigenvalue weighted by Gasteiger charge is 2.22. The third-order valence-corrected chi connectivity index (χ3v) is 2.93. The van der Waals surface area contributed by atoms with Crippen molar-refractivity contribution in [1.82, 2.24) is 0 Å². The van der Waals surface area contributed by atoms with E-state index in [4.69, 9.17) is 31.9 Å². The van der Waals surface area contributed by atoms with Gasteiger partial charge in [-0.1, -0.05) is 11.6 Å². The number of carboxylic acids is 1. The molecule has 0 spiro atoms. The molecule has 1 atom stereocenters. The molecule has 0 bridgehead atoms. The molecule has 0 aliphatic rings. The van der Waals surface area contributed by atoms with E-state index in [9.17, 15) is 9.59 Å². The molecule has 0 amide bonds. The van der Waals surface area contributed by atoms with Crippen molar-refractivity contribution < 1.29 is 24.2 Å². The maximum absolute atomic E-state index is 10.9. The van der Waals surface area contributed by atoms with Gasteiger partial charge < -0.3 is 20.3 Å². The normalized spacial score (nSPS) is 11.8. The Labute approximate surface area is 115 Å². The molecular formula is C12H14ClNO5. The first-order valence-electron chi connectivity index (χ1n) is 5.33. The summed E-state index contributed by atoms with van der Waals surface area (Å²) < 4.78 is 10.2. The fraction of sp³-hybridized carbons (Fsp3) is 0.333. The van der Waals surface area contributed by atoms with Crippen molar-refractivity contribution in [3.63, 3.8) is 0 Å². The molecule has 0 aliphatic heterocycles. The Morgan fingerprint density at radius 1 is 1.47 bits per heavy atom. The lowest BCUT2D eigenvalue weighted by Crippen LogP contribution is -2.32. The fourth-order valence-electron chi connectivity index (χ4n) is 1.68. The second kappa shape index (κ2) is 6.40. The van der Waals surface area contributed by atoms with Gasteiger partial charge >= 0.3 is 5.97 Å². The summed E-state index contributed by atoms with van der Waals surface area (Å²) in [6.07, 6.45) is 0.543. The second-order valence-electron chi connectivity index (χ2n) is 3.76. The second-order valence-corrected chi connectivity index (χ2v) is 4.17. The van der Waals surface area contributed by atoms with E-state index in [-0.39, 0.29) is 28.5 Å². The average Bonchev–Trinajstić information content (AvgIpc) is 2.39. The number of hydrogen-bond acceptors (Lipinski definition) is 5. The smallest absolute Gasteiger partial charge is 0.320 e. The van der Waals surface area contributed by atoms with Gasteiger partial charge in [-0.25, -0.2) is 0 Å². The van der Waals surface area contributed by atoms with Crippen molar-refractivity contribution in [3.8, 4) is 11.5 Å². The standard InChI is InChI=1S/C12H14ClNO5/c1-18-10-6(5-15)3-8(13)7(11(10)19-2)4-9(14)12(16)17/h3,5,9H,4,14H2,1-2H3,(H,16,17). The van der Waals surface area contributed by atoms with Gasteiger partial charge in [0.15, 0.2) is 17.8 Å². The molecule has 1 rings (SSSR count). The highest BCUT2D eigenvalue weighted by atomic mass is 35.5. The molecule has 3 N–H and O–H groups in total. The molecule has 0 fully saturated rings. The molecule has 19 heavy (non-hydrogen) atoms. The molecule has 7 heteroatoms. The minimum absolute atomic E-state index is 0.0349. The van der Waals surface area contributed by atoms with E-state index >= 15 is 0 Å². The van der Waals surface area contributed by atoms with E-state index in [2.05, 4.69) is 0 Å². The van der Waals surface area contributed by atoms with Crippen LogP contribution in [0.25, 0.3) is 0 Å². The predicted octanol–water partition coefficient (Wildman–Crippen LogP) is 1.12. The Morgan fingerprint density at radius 3 is 2.47 bits per heavy atom. The van der Waals surface area contributed by atoms with Gasteiger partial charge in [-0.2, -0.15) is 0 Å². The summed E-state index contributed by atoms with van der Waals surface area (Å²) in [6.45, 7) is 0. The van der Waals surface area contributed by atoms with Crippen LogP contribution in [0, 0.1) is 0 Å². The van der Waals surface area contributed by atoms with Crippen LogP contribution in [0.15, 0.2) is 6.07 Å². The fourth-order valence-corrected chi connectivity index (χ4v) is 1.96. The molecule has 1 unspecified atom stereocenters. The van der Waals surface area contributed by atoms with Gasteiger partial charge in [0.1, 0.15) is 6.04 Å². The van der Waals surface area contributed by atoms with Crippen LogP contribution in [0.1, 0.15) is 15.9 Å². The van der Waals surface area contributed by atoms with Crippen molar-refractivity contribution in [2.24, 2.45) is 5.73 Å². The summed E-state index contributed by atoms with van der Waals surface area (Å²) in [7, 11) is 2.75. The van der Waals surface area contributed by atoms with E-state index in [0.29, 0.717) is 11.8 Å². The molecule has 0 saturated carbocycles. The Hall–Kier alpha value is -1.79. The number of carbonyl (C=O) groups excluding carboxylic acids is 1. The highest BCUT2D eigenvalue weighted by Crippen LogP contribution is 2.39. The van der Waals surface area contributed by atoms with Crippen molar-refractivity contribution in [1.29, 1.82) is 0 Å². The van der Waals surface area contributed by atoms with Crippen LogP contribution in [0.3, 0.4) is 0 Å². The maximum atomic E-state index is 10.9. The number of rotatable bonds is 6. The third kappa shape index (κ3) is 3.15.